The van der Waals surface area contributed by atoms with Crippen LogP contribution >= 0.6 is 0 Å². The van der Waals surface area contributed by atoms with Gasteiger partial charge in [-0.05, 0) is 19.1 Å². The highest BCUT2D eigenvalue weighted by Gasteiger charge is 2.07. The van der Waals surface area contributed by atoms with Gasteiger partial charge in [0.25, 0.3) is 6.43 Å². The van der Waals surface area contributed by atoms with Crippen LogP contribution in [0.5, 0.6) is 0 Å². The molecule has 0 saturated heterocycles. The number of nitrogens with two attached hydrogens (primary N) is 1. The third-order valence-electron chi connectivity index (χ3n) is 1.79. The number of anilines is 1. The van der Waals surface area contributed by atoms with E-state index in [9.17, 15) is 8.78 Å². The van der Waals surface area contributed by atoms with Gasteiger partial charge in [-0.1, -0.05) is 0 Å². The average Bonchev–Trinajstić information content (AvgIpc) is 2.18. The molecule has 0 amide bonds. The molecule has 0 radical (unpaired) electrons. The normalized spacial score (nSPS) is 12.9. The van der Waals surface area contributed by atoms with E-state index in [1.165, 1.54) is 12.1 Å². The monoisotopic (exact) mass is 201 g/mol. The SMILES string of the molecule is CC(CN)Nc1ccc(C(F)F)cn1. The summed E-state index contributed by atoms with van der Waals surface area (Å²) in [5, 5.41) is 2.98. The van der Waals surface area contributed by atoms with Gasteiger partial charge in [-0.15, -0.1) is 0 Å². The number of pyridine rings is 1. The lowest BCUT2D eigenvalue weighted by Crippen LogP contribution is -2.25. The lowest BCUT2D eigenvalue weighted by Gasteiger charge is -2.11. The van der Waals surface area contributed by atoms with Gasteiger partial charge in [-0.3, -0.25) is 0 Å². The summed E-state index contributed by atoms with van der Waals surface area (Å²) in [6.45, 7) is 2.36. The maximum absolute atomic E-state index is 12.1. The first kappa shape index (κ1) is 10.8. The van der Waals surface area contributed by atoms with Gasteiger partial charge in [0.15, 0.2) is 0 Å². The van der Waals surface area contributed by atoms with Crippen LogP contribution in [-0.4, -0.2) is 17.6 Å². The second-order valence-corrected chi connectivity index (χ2v) is 3.06. The molecule has 0 bridgehead atoms. The van der Waals surface area contributed by atoms with Gasteiger partial charge in [-0.25, -0.2) is 13.8 Å². The lowest BCUT2D eigenvalue weighted by atomic mass is 10.3. The quantitative estimate of drug-likeness (QED) is 0.780. The van der Waals surface area contributed by atoms with E-state index in [0.29, 0.717) is 12.4 Å². The van der Waals surface area contributed by atoms with Crippen LogP contribution in [0.15, 0.2) is 18.3 Å². The smallest absolute Gasteiger partial charge is 0.265 e. The maximum Gasteiger partial charge on any atom is 0.265 e. The van der Waals surface area contributed by atoms with Crippen LogP contribution in [0.3, 0.4) is 0 Å². The maximum atomic E-state index is 12.1. The molecule has 3 nitrogen and oxygen atoms in total. The fraction of sp³-hybridized carbons (Fsp3) is 0.444. The molecule has 1 unspecified atom stereocenters. The first-order valence-electron chi connectivity index (χ1n) is 4.34. The Morgan fingerprint density at radius 3 is 2.64 bits per heavy atom. The third kappa shape index (κ3) is 2.92. The molecule has 78 valence electrons. The standard InChI is InChI=1S/C9H13F2N3/c1-6(4-12)14-8-3-2-7(5-13-8)9(10)11/h2-3,5-6,9H,4,12H2,1H3,(H,13,14). The van der Waals surface area contributed by atoms with Crippen molar-refractivity contribution in [3.05, 3.63) is 23.9 Å². The first-order chi connectivity index (χ1) is 6.63. The molecular formula is C9H13F2N3. The molecule has 0 aliphatic carbocycles. The zero-order valence-corrected chi connectivity index (χ0v) is 7.87. The number of aromatic nitrogens is 1. The largest absolute Gasteiger partial charge is 0.366 e. The highest BCUT2D eigenvalue weighted by atomic mass is 19.3. The van der Waals surface area contributed by atoms with Crippen molar-refractivity contribution in [1.82, 2.24) is 4.98 Å². The van der Waals surface area contributed by atoms with Crippen molar-refractivity contribution in [3.63, 3.8) is 0 Å². The Morgan fingerprint density at radius 1 is 1.50 bits per heavy atom. The number of hydrogen-bond donors (Lipinski definition) is 2. The molecule has 1 aromatic heterocycles. The summed E-state index contributed by atoms with van der Waals surface area (Å²) in [7, 11) is 0. The summed E-state index contributed by atoms with van der Waals surface area (Å²) in [5.74, 6) is 0.562. The zero-order valence-electron chi connectivity index (χ0n) is 7.87. The summed E-state index contributed by atoms with van der Waals surface area (Å²) in [5.41, 5.74) is 5.31. The highest BCUT2D eigenvalue weighted by Crippen LogP contribution is 2.18. The number of nitrogens with one attached hydrogen (secondary N) is 1. The number of hydrogen-bond acceptors (Lipinski definition) is 3. The molecule has 0 spiro atoms. The van der Waals surface area contributed by atoms with E-state index < -0.39 is 6.43 Å². The minimum Gasteiger partial charge on any atom is -0.366 e. The van der Waals surface area contributed by atoms with Crippen molar-refractivity contribution in [2.75, 3.05) is 11.9 Å². The number of rotatable bonds is 4. The van der Waals surface area contributed by atoms with E-state index in [1.807, 2.05) is 6.92 Å². The van der Waals surface area contributed by atoms with E-state index in [2.05, 4.69) is 10.3 Å². The van der Waals surface area contributed by atoms with Gasteiger partial charge in [0.1, 0.15) is 5.82 Å². The van der Waals surface area contributed by atoms with Crippen LogP contribution in [0.25, 0.3) is 0 Å². The topological polar surface area (TPSA) is 50.9 Å². The van der Waals surface area contributed by atoms with E-state index in [0.717, 1.165) is 6.20 Å². The van der Waals surface area contributed by atoms with Crippen molar-refractivity contribution in [1.29, 1.82) is 0 Å². The molecule has 1 heterocycles. The Bertz CT molecular complexity index is 274. The lowest BCUT2D eigenvalue weighted by molar-refractivity contribution is 0.151. The zero-order chi connectivity index (χ0) is 10.6. The Labute approximate surface area is 81.3 Å². The van der Waals surface area contributed by atoms with Crippen LogP contribution in [-0.2, 0) is 0 Å². The van der Waals surface area contributed by atoms with Crippen molar-refractivity contribution in [2.24, 2.45) is 5.73 Å². The Morgan fingerprint density at radius 2 is 2.21 bits per heavy atom. The van der Waals surface area contributed by atoms with Crippen LogP contribution in [0, 0.1) is 0 Å². The minimum absolute atomic E-state index is 0.0732. The average molecular weight is 201 g/mol. The van der Waals surface area contributed by atoms with Crippen LogP contribution in [0.4, 0.5) is 14.6 Å². The van der Waals surface area contributed by atoms with E-state index >= 15 is 0 Å². The van der Waals surface area contributed by atoms with Gasteiger partial charge in [0.05, 0.1) is 0 Å². The molecule has 5 heteroatoms. The fourth-order valence-corrected chi connectivity index (χ4v) is 0.931. The van der Waals surface area contributed by atoms with Crippen molar-refractivity contribution in [2.45, 2.75) is 19.4 Å². The molecule has 1 aromatic rings. The van der Waals surface area contributed by atoms with Gasteiger partial charge in [-0.2, -0.15) is 0 Å². The van der Waals surface area contributed by atoms with Crippen LogP contribution in [0.2, 0.25) is 0 Å². The predicted octanol–water partition coefficient (Wildman–Crippen LogP) is 1.78. The van der Waals surface area contributed by atoms with Gasteiger partial charge >= 0.3 is 0 Å². The molecule has 1 rings (SSSR count). The van der Waals surface area contributed by atoms with Crippen molar-refractivity contribution in [3.8, 4) is 0 Å². The fourth-order valence-electron chi connectivity index (χ4n) is 0.931. The second-order valence-electron chi connectivity index (χ2n) is 3.06. The molecule has 1 atom stereocenters. The van der Waals surface area contributed by atoms with Crippen molar-refractivity contribution >= 4 is 5.82 Å². The number of nitrogens with zero attached hydrogens (tertiary/aromatic N) is 1. The Kier molecular flexibility index (Phi) is 3.76. The van der Waals surface area contributed by atoms with E-state index in [1.54, 1.807) is 0 Å². The number of alkyl halides is 2. The molecule has 0 fully saturated rings. The van der Waals surface area contributed by atoms with Gasteiger partial charge in [0, 0.05) is 24.3 Å². The predicted molar refractivity (Wildman–Crippen MR) is 51.3 cm³/mol. The highest BCUT2D eigenvalue weighted by molar-refractivity contribution is 5.36. The molecule has 3 N–H and O–H groups in total. The van der Waals surface area contributed by atoms with E-state index in [-0.39, 0.29) is 11.6 Å². The summed E-state index contributed by atoms with van der Waals surface area (Å²) >= 11 is 0. The number of halogens is 2. The Hall–Kier alpha value is -1.23. The van der Waals surface area contributed by atoms with Gasteiger partial charge in [0.2, 0.25) is 0 Å². The first-order valence-corrected chi connectivity index (χ1v) is 4.34. The second kappa shape index (κ2) is 4.85. The summed E-state index contributed by atoms with van der Waals surface area (Å²) < 4.78 is 24.3. The molecule has 0 saturated carbocycles. The molecular weight excluding hydrogens is 188 g/mol. The summed E-state index contributed by atoms with van der Waals surface area (Å²) in [6, 6.07) is 2.96. The molecule has 0 aromatic carbocycles. The molecule has 14 heavy (non-hydrogen) atoms. The molecule has 0 aliphatic heterocycles. The van der Waals surface area contributed by atoms with Crippen LogP contribution in [0.1, 0.15) is 18.9 Å². The Balaban J connectivity index is 2.64. The molecule has 0 aliphatic rings. The van der Waals surface area contributed by atoms with E-state index in [4.69, 9.17) is 5.73 Å². The van der Waals surface area contributed by atoms with Crippen LogP contribution < -0.4 is 11.1 Å². The summed E-state index contributed by atoms with van der Waals surface area (Å²) in [6.07, 6.45) is -1.31. The third-order valence-corrected chi connectivity index (χ3v) is 1.79. The van der Waals surface area contributed by atoms with Crippen molar-refractivity contribution < 1.29 is 8.78 Å². The van der Waals surface area contributed by atoms with Gasteiger partial charge < -0.3 is 11.1 Å². The minimum atomic E-state index is -2.47. The summed E-state index contributed by atoms with van der Waals surface area (Å²) in [4.78, 5) is 3.84.